The van der Waals surface area contributed by atoms with E-state index in [-0.39, 0.29) is 0 Å². The van der Waals surface area contributed by atoms with Crippen LogP contribution in [0.2, 0.25) is 0 Å². The molecule has 0 radical (unpaired) electrons. The van der Waals surface area contributed by atoms with Crippen LogP contribution < -0.4 is 0 Å². The van der Waals surface area contributed by atoms with Crippen LogP contribution in [0.3, 0.4) is 0 Å². The van der Waals surface area contributed by atoms with Crippen molar-refractivity contribution in [2.24, 2.45) is 0 Å². The van der Waals surface area contributed by atoms with Crippen molar-refractivity contribution in [1.82, 2.24) is 0 Å². The highest BCUT2D eigenvalue weighted by molar-refractivity contribution is 7.66. The summed E-state index contributed by atoms with van der Waals surface area (Å²) < 4.78 is 221. The lowest BCUT2D eigenvalue weighted by Crippen LogP contribution is -2.53. The number of fused-ring (bicyclic) bond motifs is 6. The van der Waals surface area contributed by atoms with Crippen molar-refractivity contribution in [2.45, 2.75) is 232 Å². The van der Waals surface area contributed by atoms with Crippen LogP contribution in [0, 0.1) is 0 Å². The monoisotopic (exact) mass is 1550 g/mol. The summed E-state index contributed by atoms with van der Waals surface area (Å²) in [6.07, 6.45) is 23.5. The first-order valence-corrected chi connectivity index (χ1v) is 44.3. The molecule has 0 saturated carbocycles. The summed E-state index contributed by atoms with van der Waals surface area (Å²) in [5.74, 6) is 0. The zero-order valence-corrected chi connectivity index (χ0v) is 66.7. The van der Waals surface area contributed by atoms with Gasteiger partial charge in [0.05, 0.1) is 26.4 Å². The molecule has 560 valence electrons. The van der Waals surface area contributed by atoms with Gasteiger partial charge in [0.1, 0.15) is 0 Å². The topological polar surface area (TPSA) is 321 Å². The Balaban J connectivity index is 1.30. The van der Waals surface area contributed by atoms with E-state index in [1.165, 1.54) is 57.2 Å². The summed E-state index contributed by atoms with van der Waals surface area (Å²) in [6, 6.07) is 0. The number of phosphoric acid groups is 8. The SMILES string of the molecule is CC(C)=CCCC(C)=CCCC(C)=CCOP1(=O)OC2(OP(=O)(OCC=C(C)CCC=C(C)CCC=C(C)C)OP(=O)(OC34OP(=O)(OCC=C(C)CCC=C(C)CCC=C(C)C)OP(=O)(O3)O4)OC34OP(=O)(OCC=C(C)CCC=C(C)CCC=C(C)C)OP(=O)(O3)O4)OP(=O)(O2)O1. The normalized spacial score (nSPS) is 31.6. The van der Waals surface area contributed by atoms with Gasteiger partial charge in [0.25, 0.3) is 0 Å². The smallest absolute Gasteiger partial charge is 0.282 e. The highest BCUT2D eigenvalue weighted by Crippen LogP contribution is 2.89. The van der Waals surface area contributed by atoms with E-state index in [2.05, 4.69) is 42.5 Å². The standard InChI is InChI=1S/C63H100O28P8/c1-49(2)25-17-29-53(9)33-21-37-57(13)41-45-72-92(64)76-61(80-96(68,81-61)88-92)77-93(65,73-46-42-58(14)38-22-34-54(10)30-18-26-50(3)4)89-97(69,82-62-78-94(66,90-98(70,84-62)85-62)74-47-43-59(15)39-23-35-55(11)31-19-27-51(5)6)83-63-79-95(67,91-99(71,86-63)87-63)75-48-44-60(16)40-24-36-56(12)32-20-28-52(7)8/h25-28,33-36,41-44H,17-24,29-32,37-40,45-48H2,1-16H3. The molecule has 9 rings (SSSR count). The summed E-state index contributed by atoms with van der Waals surface area (Å²) in [4.78, 5) is 0. The zero-order valence-electron chi connectivity index (χ0n) is 59.6. The van der Waals surface area contributed by atoms with Gasteiger partial charge in [-0.3, -0.25) is 18.1 Å². The molecular weight excluding hydrogens is 1450 g/mol. The van der Waals surface area contributed by atoms with Crippen molar-refractivity contribution in [3.8, 4) is 0 Å². The Kier molecular flexibility index (Phi) is 32.5. The second-order valence-corrected chi connectivity index (χ2v) is 38.5. The summed E-state index contributed by atoms with van der Waals surface area (Å²) in [6.45, 7) is 28.9. The van der Waals surface area contributed by atoms with Crippen LogP contribution in [-0.4, -0.2) is 44.9 Å². The third-order valence-electron chi connectivity index (χ3n) is 14.6. The van der Waals surface area contributed by atoms with Gasteiger partial charge < -0.3 is 0 Å². The van der Waals surface area contributed by atoms with Gasteiger partial charge in [0, 0.05) is 0 Å². The van der Waals surface area contributed by atoms with Crippen molar-refractivity contribution in [3.63, 3.8) is 0 Å². The highest BCUT2D eigenvalue weighted by Gasteiger charge is 2.80. The van der Waals surface area contributed by atoms with E-state index in [4.69, 9.17) is 89.6 Å². The predicted molar refractivity (Wildman–Crippen MR) is 372 cm³/mol. The second-order valence-electron chi connectivity index (χ2n) is 25.5. The van der Waals surface area contributed by atoms with Crippen LogP contribution in [-0.2, 0) is 126 Å². The van der Waals surface area contributed by atoms with Crippen LogP contribution in [0.4, 0.5) is 0 Å². The van der Waals surface area contributed by atoms with Crippen LogP contribution in [0.5, 0.6) is 0 Å². The van der Waals surface area contributed by atoms with E-state index in [0.29, 0.717) is 56.9 Å². The molecule has 99 heavy (non-hydrogen) atoms. The van der Waals surface area contributed by atoms with Gasteiger partial charge in [0.15, 0.2) is 0 Å². The molecule has 36 heteroatoms. The average molecular weight is 1550 g/mol. The summed E-state index contributed by atoms with van der Waals surface area (Å²) >= 11 is 0. The molecule has 0 spiro atoms. The van der Waals surface area contributed by atoms with E-state index in [1.54, 1.807) is 33.8 Å². The molecule has 4 atom stereocenters. The molecule has 0 aromatic rings. The Labute approximate surface area is 584 Å². The van der Waals surface area contributed by atoms with Gasteiger partial charge in [0.2, 0.25) is 0 Å². The van der Waals surface area contributed by atoms with Gasteiger partial charge in [-0.05, 0) is 214 Å². The van der Waals surface area contributed by atoms with Crippen molar-refractivity contribution >= 4 is 62.6 Å². The Morgan fingerprint density at radius 1 is 0.293 bits per heavy atom. The Bertz CT molecular complexity index is 3500. The second kappa shape index (κ2) is 37.4. The van der Waals surface area contributed by atoms with Crippen LogP contribution in [0.15, 0.2) is 140 Å². The molecule has 9 aliphatic heterocycles. The number of rotatable bonds is 44. The molecule has 28 nitrogen and oxygen atoms in total. The van der Waals surface area contributed by atoms with Crippen LogP contribution >= 0.6 is 62.6 Å². The van der Waals surface area contributed by atoms with E-state index < -0.39 is 107 Å². The van der Waals surface area contributed by atoms with E-state index in [9.17, 15) is 27.4 Å². The number of phosphoric ester groups is 8. The van der Waals surface area contributed by atoms with E-state index >= 15 is 9.13 Å². The lowest BCUT2D eigenvalue weighted by Gasteiger charge is -2.50. The Morgan fingerprint density at radius 3 is 0.747 bits per heavy atom. The molecule has 4 unspecified atom stereocenters. The maximum Gasteiger partial charge on any atom is 0.496 e. The molecule has 0 N–H and O–H groups in total. The largest absolute Gasteiger partial charge is 0.496 e. The number of allylic oxidation sites excluding steroid dienone is 20. The fourth-order valence-electron chi connectivity index (χ4n) is 9.26. The fourth-order valence-corrected chi connectivity index (χ4v) is 22.1. The molecule has 9 fully saturated rings. The van der Waals surface area contributed by atoms with Gasteiger partial charge in [-0.15, -0.1) is 0 Å². The van der Waals surface area contributed by atoms with Gasteiger partial charge in [-0.1, -0.05) is 140 Å². The Morgan fingerprint density at radius 2 is 0.505 bits per heavy atom. The van der Waals surface area contributed by atoms with Gasteiger partial charge in [-0.25, -0.2) is 90.8 Å². The van der Waals surface area contributed by atoms with Crippen molar-refractivity contribution < 1.29 is 126 Å². The third kappa shape index (κ3) is 29.3. The average Bonchev–Trinajstić information content (AvgIpc) is 0.707. The zero-order chi connectivity index (χ0) is 73.2. The molecule has 0 aliphatic carbocycles. The molecule has 9 aliphatic rings. The van der Waals surface area contributed by atoms with Crippen molar-refractivity contribution in [2.75, 3.05) is 26.4 Å². The van der Waals surface area contributed by atoms with Crippen LogP contribution in [0.25, 0.3) is 0 Å². The minimum absolute atomic E-state index is 0.409. The number of hydrogen-bond acceptors (Lipinski definition) is 28. The third-order valence-corrected chi connectivity index (χ3v) is 28.3. The van der Waals surface area contributed by atoms with Gasteiger partial charge >= 0.3 is 81.1 Å². The van der Waals surface area contributed by atoms with E-state index in [1.807, 2.05) is 89.2 Å². The molecule has 9 heterocycles. The quantitative estimate of drug-likeness (QED) is 0.0404. The minimum atomic E-state index is -6.57. The first-order chi connectivity index (χ1) is 46.1. The minimum Gasteiger partial charge on any atom is -0.282 e. The molecule has 9 saturated heterocycles. The van der Waals surface area contributed by atoms with E-state index in [0.717, 1.165) is 73.7 Å². The highest BCUT2D eigenvalue weighted by atomic mass is 31.3. The maximum atomic E-state index is 15.7. The number of hydrogen-bond donors (Lipinski definition) is 0. The molecule has 6 bridgehead atoms. The molecule has 0 amide bonds. The first kappa shape index (κ1) is 85.8. The Hall–Kier alpha value is -2.08. The molecular formula is C63H100O28P8. The van der Waals surface area contributed by atoms with Gasteiger partial charge in [-0.2, -0.15) is 17.2 Å². The predicted octanol–water partition coefficient (Wildman–Crippen LogP) is 23.8. The molecule has 0 aromatic carbocycles. The summed E-state index contributed by atoms with van der Waals surface area (Å²) in [7, 11) is -43.5. The fraction of sp³-hybridized carbons (Fsp3) is 0.619. The van der Waals surface area contributed by atoms with Crippen LogP contribution in [0.1, 0.15) is 214 Å². The van der Waals surface area contributed by atoms with Crippen molar-refractivity contribution in [3.05, 3.63) is 140 Å². The lowest BCUT2D eigenvalue weighted by molar-refractivity contribution is -0.467. The molecule has 0 aromatic heterocycles. The first-order valence-electron chi connectivity index (χ1n) is 32.6. The maximum absolute atomic E-state index is 15.7. The summed E-state index contributed by atoms with van der Waals surface area (Å²) in [5.41, 5.74) is 12.4. The van der Waals surface area contributed by atoms with Crippen molar-refractivity contribution in [1.29, 1.82) is 0 Å². The summed E-state index contributed by atoms with van der Waals surface area (Å²) in [5, 5.41) is 0. The lowest BCUT2D eigenvalue weighted by atomic mass is 10.1.